The molecule has 0 aromatic carbocycles. The van der Waals surface area contributed by atoms with Gasteiger partial charge in [0.25, 0.3) is 6.43 Å². The summed E-state index contributed by atoms with van der Waals surface area (Å²) in [6, 6.07) is 1.18. The monoisotopic (exact) mass is 280 g/mol. The minimum atomic E-state index is -5.27. The zero-order valence-corrected chi connectivity index (χ0v) is 9.26. The summed E-state index contributed by atoms with van der Waals surface area (Å²) in [5, 5.41) is 8.54. The molecule has 0 amide bonds. The van der Waals surface area contributed by atoms with Crippen molar-refractivity contribution in [2.75, 3.05) is 7.11 Å². The number of methoxy groups -OCH3 is 1. The largest absolute Gasteiger partial charge is 0.464 e. The van der Waals surface area contributed by atoms with Crippen LogP contribution in [-0.2, 0) is 10.9 Å². The number of carbonyl (C=O) groups excluding carboxylic acids is 1. The number of nitriles is 1. The second kappa shape index (κ2) is 5.17. The third-order valence-corrected chi connectivity index (χ3v) is 2.12. The van der Waals surface area contributed by atoms with Crippen LogP contribution in [0.3, 0.4) is 0 Å². The van der Waals surface area contributed by atoms with Gasteiger partial charge in [0.2, 0.25) is 0 Å². The summed E-state index contributed by atoms with van der Waals surface area (Å²) < 4.78 is 67.9. The molecule has 0 unspecified atom stereocenters. The van der Waals surface area contributed by atoms with E-state index in [1.165, 1.54) is 6.07 Å². The Morgan fingerprint density at radius 2 is 2.05 bits per heavy atom. The lowest BCUT2D eigenvalue weighted by molar-refractivity contribution is -0.140. The Kier molecular flexibility index (Phi) is 4.04. The molecule has 1 aromatic rings. The summed E-state index contributed by atoms with van der Waals surface area (Å²) in [5.74, 6) is -1.52. The summed E-state index contributed by atoms with van der Waals surface area (Å²) >= 11 is 0. The maximum absolute atomic E-state index is 12.8. The zero-order valence-electron chi connectivity index (χ0n) is 9.26. The Balaban J connectivity index is 3.76. The first-order valence-corrected chi connectivity index (χ1v) is 4.60. The predicted molar refractivity (Wildman–Crippen MR) is 50.3 cm³/mol. The summed E-state index contributed by atoms with van der Waals surface area (Å²) in [7, 11) is 0.782. The van der Waals surface area contributed by atoms with Gasteiger partial charge in [0.05, 0.1) is 23.8 Å². The summed E-state index contributed by atoms with van der Waals surface area (Å²) in [5.41, 5.74) is -5.78. The van der Waals surface area contributed by atoms with E-state index in [-0.39, 0.29) is 0 Å². The molecule has 0 aliphatic rings. The lowest BCUT2D eigenvalue weighted by Gasteiger charge is -2.16. The molecule has 0 radical (unpaired) electrons. The van der Waals surface area contributed by atoms with Crippen molar-refractivity contribution in [3.8, 4) is 6.07 Å². The Labute approximate surface area is 103 Å². The first-order chi connectivity index (χ1) is 8.73. The van der Waals surface area contributed by atoms with Gasteiger partial charge < -0.3 is 4.74 Å². The van der Waals surface area contributed by atoms with Crippen molar-refractivity contribution >= 4 is 5.97 Å². The molecule has 0 atom stereocenters. The highest BCUT2D eigenvalue weighted by atomic mass is 19.4. The summed E-state index contributed by atoms with van der Waals surface area (Å²) in [4.78, 5) is 14.2. The van der Waals surface area contributed by atoms with Crippen LogP contribution in [0.2, 0.25) is 0 Å². The lowest BCUT2D eigenvalue weighted by Crippen LogP contribution is -2.20. The topological polar surface area (TPSA) is 63.0 Å². The molecule has 0 bridgehead atoms. The maximum Gasteiger partial charge on any atom is 0.419 e. The number of hydrogen-bond acceptors (Lipinski definition) is 4. The van der Waals surface area contributed by atoms with Crippen LogP contribution in [0.5, 0.6) is 0 Å². The van der Waals surface area contributed by atoms with E-state index in [1.807, 2.05) is 0 Å². The molecule has 9 heteroatoms. The van der Waals surface area contributed by atoms with Gasteiger partial charge in [0, 0.05) is 6.20 Å². The standard InChI is InChI=1S/C10H5F5N2O2/c1-19-9(18)7-6(10(13,14)15)5(8(11)12)4(2-16)3-17-7/h3,8H,1H3. The quantitative estimate of drug-likeness (QED) is 0.617. The number of halogens is 5. The number of nitrogens with zero attached hydrogens (tertiary/aromatic N) is 2. The Bertz CT molecular complexity index is 548. The maximum atomic E-state index is 12.8. The third kappa shape index (κ3) is 2.78. The number of ether oxygens (including phenoxy) is 1. The number of carbonyl (C=O) groups is 1. The van der Waals surface area contributed by atoms with Crippen LogP contribution < -0.4 is 0 Å². The molecule has 19 heavy (non-hydrogen) atoms. The molecule has 0 saturated heterocycles. The Morgan fingerprint density at radius 1 is 1.47 bits per heavy atom. The van der Waals surface area contributed by atoms with Crippen molar-refractivity contribution < 1.29 is 31.5 Å². The molecule has 0 fully saturated rings. The minimum absolute atomic E-state index is 0.475. The number of hydrogen-bond donors (Lipinski definition) is 0. The highest BCUT2D eigenvalue weighted by Gasteiger charge is 2.42. The van der Waals surface area contributed by atoms with E-state index < -0.39 is 41.0 Å². The van der Waals surface area contributed by atoms with Gasteiger partial charge in [-0.15, -0.1) is 0 Å². The molecule has 0 N–H and O–H groups in total. The molecular formula is C10H5F5N2O2. The minimum Gasteiger partial charge on any atom is -0.464 e. The van der Waals surface area contributed by atoms with E-state index in [9.17, 15) is 26.7 Å². The first kappa shape index (κ1) is 14.8. The van der Waals surface area contributed by atoms with E-state index in [0.29, 0.717) is 6.20 Å². The molecule has 1 heterocycles. The molecule has 4 nitrogen and oxygen atoms in total. The number of esters is 1. The van der Waals surface area contributed by atoms with Gasteiger partial charge in [-0.05, 0) is 0 Å². The van der Waals surface area contributed by atoms with Gasteiger partial charge in [-0.3, -0.25) is 0 Å². The average Bonchev–Trinajstić information content (AvgIpc) is 2.34. The highest BCUT2D eigenvalue weighted by Crippen LogP contribution is 2.39. The predicted octanol–water partition coefficient (Wildman–Crippen LogP) is 2.70. The van der Waals surface area contributed by atoms with Crippen molar-refractivity contribution in [2.45, 2.75) is 12.6 Å². The van der Waals surface area contributed by atoms with E-state index >= 15 is 0 Å². The summed E-state index contributed by atoms with van der Waals surface area (Å²) in [6.07, 6.45) is -8.38. The second-order valence-electron chi connectivity index (χ2n) is 3.21. The molecule has 1 aromatic heterocycles. The van der Waals surface area contributed by atoms with Crippen LogP contribution >= 0.6 is 0 Å². The third-order valence-electron chi connectivity index (χ3n) is 2.12. The number of rotatable bonds is 2. The van der Waals surface area contributed by atoms with Gasteiger partial charge in [0.1, 0.15) is 6.07 Å². The Hall–Kier alpha value is -2.24. The van der Waals surface area contributed by atoms with Crippen LogP contribution in [-0.4, -0.2) is 18.1 Å². The second-order valence-corrected chi connectivity index (χ2v) is 3.21. The highest BCUT2D eigenvalue weighted by molar-refractivity contribution is 5.89. The van der Waals surface area contributed by atoms with Gasteiger partial charge >= 0.3 is 12.1 Å². The van der Waals surface area contributed by atoms with Crippen molar-refractivity contribution in [3.63, 3.8) is 0 Å². The van der Waals surface area contributed by atoms with Gasteiger partial charge in [-0.25, -0.2) is 18.6 Å². The number of aromatic nitrogens is 1. The normalized spacial score (nSPS) is 11.3. The number of pyridine rings is 1. The van der Waals surface area contributed by atoms with E-state index in [2.05, 4.69) is 9.72 Å². The molecule has 0 spiro atoms. The van der Waals surface area contributed by atoms with Gasteiger partial charge in [0.15, 0.2) is 5.69 Å². The zero-order chi connectivity index (χ0) is 14.8. The fraction of sp³-hybridized carbons (Fsp3) is 0.300. The first-order valence-electron chi connectivity index (χ1n) is 4.60. The van der Waals surface area contributed by atoms with Crippen molar-refractivity contribution in [1.82, 2.24) is 4.98 Å². The lowest BCUT2D eigenvalue weighted by atomic mass is 10.0. The van der Waals surface area contributed by atoms with Crippen LogP contribution in [0.4, 0.5) is 22.0 Å². The average molecular weight is 280 g/mol. The smallest absolute Gasteiger partial charge is 0.419 e. The summed E-state index contributed by atoms with van der Waals surface area (Å²) in [6.45, 7) is 0. The van der Waals surface area contributed by atoms with E-state index in [1.54, 1.807) is 0 Å². The van der Waals surface area contributed by atoms with Crippen molar-refractivity contribution in [3.05, 3.63) is 28.6 Å². The van der Waals surface area contributed by atoms with Crippen LogP contribution in [0.15, 0.2) is 6.20 Å². The molecular weight excluding hydrogens is 275 g/mol. The molecule has 1 rings (SSSR count). The fourth-order valence-corrected chi connectivity index (χ4v) is 1.38. The Morgan fingerprint density at radius 3 is 2.42 bits per heavy atom. The molecule has 0 aliphatic carbocycles. The van der Waals surface area contributed by atoms with E-state index in [0.717, 1.165) is 7.11 Å². The van der Waals surface area contributed by atoms with Crippen LogP contribution in [0.1, 0.15) is 33.6 Å². The van der Waals surface area contributed by atoms with Crippen LogP contribution in [0.25, 0.3) is 0 Å². The van der Waals surface area contributed by atoms with Crippen LogP contribution in [0, 0.1) is 11.3 Å². The fourth-order valence-electron chi connectivity index (χ4n) is 1.38. The van der Waals surface area contributed by atoms with Crippen molar-refractivity contribution in [2.24, 2.45) is 0 Å². The number of alkyl halides is 5. The molecule has 0 saturated carbocycles. The molecule has 102 valence electrons. The SMILES string of the molecule is COC(=O)c1ncc(C#N)c(C(F)F)c1C(F)(F)F. The van der Waals surface area contributed by atoms with Gasteiger partial charge in [-0.2, -0.15) is 18.4 Å². The van der Waals surface area contributed by atoms with Crippen molar-refractivity contribution in [1.29, 1.82) is 5.26 Å². The van der Waals surface area contributed by atoms with Gasteiger partial charge in [-0.1, -0.05) is 0 Å². The molecule has 0 aliphatic heterocycles. The van der Waals surface area contributed by atoms with E-state index in [4.69, 9.17) is 5.26 Å².